The number of anilines is 3. The summed E-state index contributed by atoms with van der Waals surface area (Å²) >= 11 is 0. The molecule has 0 radical (unpaired) electrons. The molecule has 3 N–H and O–H groups in total. The Morgan fingerprint density at radius 1 is 1.10 bits per heavy atom. The van der Waals surface area contributed by atoms with Crippen LogP contribution in [-0.4, -0.2) is 56.3 Å². The number of pyridine rings is 1. The predicted octanol–water partition coefficient (Wildman–Crippen LogP) is 2.03. The van der Waals surface area contributed by atoms with Gasteiger partial charge in [0.15, 0.2) is 0 Å². The summed E-state index contributed by atoms with van der Waals surface area (Å²) in [5.41, 5.74) is 8.62. The first-order valence-electron chi connectivity index (χ1n) is 10.3. The van der Waals surface area contributed by atoms with Crippen LogP contribution in [0.3, 0.4) is 0 Å². The van der Waals surface area contributed by atoms with E-state index in [-0.39, 0.29) is 12.3 Å². The second-order valence-electron chi connectivity index (χ2n) is 7.74. The molecular formula is C22H29N5O2. The number of nitrogens with one attached hydrogen (secondary N) is 1. The lowest BCUT2D eigenvalue weighted by Gasteiger charge is -2.35. The Kier molecular flexibility index (Phi) is 6.14. The summed E-state index contributed by atoms with van der Waals surface area (Å²) in [7, 11) is 0. The minimum atomic E-state index is -0.299. The zero-order valence-corrected chi connectivity index (χ0v) is 16.7. The van der Waals surface area contributed by atoms with E-state index in [2.05, 4.69) is 44.4 Å². The first-order valence-corrected chi connectivity index (χ1v) is 10.3. The van der Waals surface area contributed by atoms with Gasteiger partial charge in [-0.25, -0.2) is 4.98 Å². The molecule has 2 fully saturated rings. The maximum absolute atomic E-state index is 11.1. The second kappa shape index (κ2) is 9.13. The molecular weight excluding hydrogens is 366 g/mol. The summed E-state index contributed by atoms with van der Waals surface area (Å²) in [6.45, 7) is 5.37. The zero-order chi connectivity index (χ0) is 20.1. The predicted molar refractivity (Wildman–Crippen MR) is 115 cm³/mol. The van der Waals surface area contributed by atoms with E-state index in [9.17, 15) is 4.79 Å². The molecule has 0 aliphatic carbocycles. The lowest BCUT2D eigenvalue weighted by atomic mass is 10.0. The molecule has 4 rings (SSSR count). The van der Waals surface area contributed by atoms with Crippen molar-refractivity contribution in [3.05, 3.63) is 48.2 Å². The number of morpholine rings is 1. The van der Waals surface area contributed by atoms with E-state index in [1.54, 1.807) is 0 Å². The van der Waals surface area contributed by atoms with Gasteiger partial charge in [-0.05, 0) is 36.6 Å². The fourth-order valence-corrected chi connectivity index (χ4v) is 4.08. The van der Waals surface area contributed by atoms with Gasteiger partial charge < -0.3 is 25.6 Å². The molecule has 154 valence electrons. The van der Waals surface area contributed by atoms with Crippen LogP contribution in [0, 0.1) is 0 Å². The largest absolute Gasteiger partial charge is 0.378 e. The van der Waals surface area contributed by atoms with Gasteiger partial charge in [-0.1, -0.05) is 12.1 Å². The summed E-state index contributed by atoms with van der Waals surface area (Å²) in [5, 5.41) is 3.63. The number of carbonyl (C=O) groups excluding carboxylic acids is 1. The number of carbonyl (C=O) groups is 1. The molecule has 2 aliphatic heterocycles. The van der Waals surface area contributed by atoms with Gasteiger partial charge in [0.05, 0.1) is 19.6 Å². The Labute approximate surface area is 171 Å². The number of piperidine rings is 1. The Balaban J connectivity index is 1.38. The number of amides is 1. The highest BCUT2D eigenvalue weighted by molar-refractivity contribution is 5.76. The third-order valence-corrected chi connectivity index (χ3v) is 5.57. The van der Waals surface area contributed by atoms with E-state index in [1.165, 1.54) is 11.4 Å². The number of nitrogens with two attached hydrogens (primary N) is 1. The van der Waals surface area contributed by atoms with Gasteiger partial charge in [0.2, 0.25) is 5.91 Å². The van der Waals surface area contributed by atoms with E-state index >= 15 is 0 Å². The van der Waals surface area contributed by atoms with E-state index in [4.69, 9.17) is 10.5 Å². The smallest absolute Gasteiger partial charge is 0.221 e. The van der Waals surface area contributed by atoms with Crippen LogP contribution in [0.15, 0.2) is 42.6 Å². The maximum atomic E-state index is 11.1. The number of primary amides is 1. The second-order valence-corrected chi connectivity index (χ2v) is 7.74. The number of rotatable bonds is 6. The Hall–Kier alpha value is -2.80. The van der Waals surface area contributed by atoms with Gasteiger partial charge in [-0.3, -0.25) is 4.79 Å². The molecule has 1 aromatic carbocycles. The SMILES string of the molecule is NC(=O)Cc1ccc(N2CCC[C@@H](Nc3cc(N4CCOCC4)ccn3)C2)cc1. The Morgan fingerprint density at radius 3 is 2.66 bits per heavy atom. The molecule has 3 heterocycles. The summed E-state index contributed by atoms with van der Waals surface area (Å²) in [5.74, 6) is 0.629. The number of nitrogens with zero attached hydrogens (tertiary/aromatic N) is 3. The molecule has 0 bridgehead atoms. The molecule has 2 saturated heterocycles. The molecule has 7 heteroatoms. The van der Waals surface area contributed by atoms with Gasteiger partial charge >= 0.3 is 0 Å². The van der Waals surface area contributed by atoms with Crippen LogP contribution in [0.5, 0.6) is 0 Å². The maximum Gasteiger partial charge on any atom is 0.221 e. The van der Waals surface area contributed by atoms with Crippen molar-refractivity contribution < 1.29 is 9.53 Å². The number of hydrogen-bond donors (Lipinski definition) is 2. The molecule has 7 nitrogen and oxygen atoms in total. The van der Waals surface area contributed by atoms with Crippen molar-refractivity contribution in [2.24, 2.45) is 5.73 Å². The van der Waals surface area contributed by atoms with Gasteiger partial charge in [0.1, 0.15) is 5.82 Å². The van der Waals surface area contributed by atoms with E-state index in [0.717, 1.165) is 63.6 Å². The first kappa shape index (κ1) is 19.5. The Morgan fingerprint density at radius 2 is 1.90 bits per heavy atom. The van der Waals surface area contributed by atoms with E-state index in [1.807, 2.05) is 18.3 Å². The van der Waals surface area contributed by atoms with Gasteiger partial charge in [-0.15, -0.1) is 0 Å². The van der Waals surface area contributed by atoms with E-state index in [0.29, 0.717) is 6.04 Å². The molecule has 0 spiro atoms. The number of aromatic nitrogens is 1. The zero-order valence-electron chi connectivity index (χ0n) is 16.7. The fourth-order valence-electron chi connectivity index (χ4n) is 4.08. The van der Waals surface area contributed by atoms with Crippen LogP contribution >= 0.6 is 0 Å². The van der Waals surface area contributed by atoms with Gasteiger partial charge in [-0.2, -0.15) is 0 Å². The average molecular weight is 396 g/mol. The molecule has 0 unspecified atom stereocenters. The lowest BCUT2D eigenvalue weighted by molar-refractivity contribution is -0.117. The lowest BCUT2D eigenvalue weighted by Crippen LogP contribution is -2.42. The van der Waals surface area contributed by atoms with Gasteiger partial charge in [0.25, 0.3) is 0 Å². The normalized spacial score (nSPS) is 19.8. The average Bonchev–Trinajstić information content (AvgIpc) is 2.75. The quantitative estimate of drug-likeness (QED) is 0.779. The highest BCUT2D eigenvalue weighted by Gasteiger charge is 2.21. The molecule has 2 aliphatic rings. The Bertz CT molecular complexity index is 820. The summed E-state index contributed by atoms with van der Waals surface area (Å²) < 4.78 is 5.45. The van der Waals surface area contributed by atoms with Crippen molar-refractivity contribution in [2.75, 3.05) is 54.5 Å². The molecule has 0 saturated carbocycles. The third kappa shape index (κ3) is 5.17. The third-order valence-electron chi connectivity index (χ3n) is 5.57. The van der Waals surface area contributed by atoms with Crippen LogP contribution in [0.1, 0.15) is 18.4 Å². The van der Waals surface area contributed by atoms with Crippen molar-refractivity contribution >= 4 is 23.1 Å². The van der Waals surface area contributed by atoms with Crippen LogP contribution < -0.4 is 20.9 Å². The van der Waals surface area contributed by atoms with Crippen molar-refractivity contribution in [2.45, 2.75) is 25.3 Å². The summed E-state index contributed by atoms with van der Waals surface area (Å²) in [6, 6.07) is 12.7. The van der Waals surface area contributed by atoms with Crippen molar-refractivity contribution in [1.29, 1.82) is 0 Å². The summed E-state index contributed by atoms with van der Waals surface area (Å²) in [6.07, 6.45) is 4.42. The van der Waals surface area contributed by atoms with Crippen LogP contribution in [0.4, 0.5) is 17.2 Å². The molecule has 1 aromatic heterocycles. The van der Waals surface area contributed by atoms with Crippen molar-refractivity contribution in [3.63, 3.8) is 0 Å². The topological polar surface area (TPSA) is 83.7 Å². The number of benzene rings is 1. The van der Waals surface area contributed by atoms with Crippen LogP contribution in [-0.2, 0) is 16.0 Å². The minimum absolute atomic E-state index is 0.287. The van der Waals surface area contributed by atoms with Crippen molar-refractivity contribution in [3.8, 4) is 0 Å². The number of hydrogen-bond acceptors (Lipinski definition) is 6. The van der Waals surface area contributed by atoms with Crippen LogP contribution in [0.2, 0.25) is 0 Å². The van der Waals surface area contributed by atoms with E-state index < -0.39 is 0 Å². The fraction of sp³-hybridized carbons (Fsp3) is 0.455. The highest BCUT2D eigenvalue weighted by atomic mass is 16.5. The highest BCUT2D eigenvalue weighted by Crippen LogP contribution is 2.24. The molecule has 2 aromatic rings. The monoisotopic (exact) mass is 395 g/mol. The first-order chi connectivity index (χ1) is 14.2. The van der Waals surface area contributed by atoms with Crippen LogP contribution in [0.25, 0.3) is 0 Å². The summed E-state index contributed by atoms with van der Waals surface area (Å²) in [4.78, 5) is 20.4. The number of ether oxygens (including phenoxy) is 1. The minimum Gasteiger partial charge on any atom is -0.378 e. The molecule has 1 amide bonds. The molecule has 29 heavy (non-hydrogen) atoms. The van der Waals surface area contributed by atoms with Gasteiger partial charge in [0, 0.05) is 55.9 Å². The van der Waals surface area contributed by atoms with Crippen molar-refractivity contribution in [1.82, 2.24) is 4.98 Å². The molecule has 1 atom stereocenters. The standard InChI is InChI=1S/C22H29N5O2/c23-21(28)14-17-3-5-19(6-4-17)27-9-1-2-18(16-27)25-22-15-20(7-8-24-22)26-10-12-29-13-11-26/h3-8,15,18H,1-2,9-14,16H2,(H2,23,28)(H,24,25)/t18-/m1/s1.